The fourth-order valence-corrected chi connectivity index (χ4v) is 1.16. The van der Waals surface area contributed by atoms with Crippen molar-refractivity contribution in [3.63, 3.8) is 0 Å². The van der Waals surface area contributed by atoms with Crippen LogP contribution in [0.1, 0.15) is 18.4 Å². The lowest BCUT2D eigenvalue weighted by molar-refractivity contribution is -0.142. The molecule has 0 saturated heterocycles. The number of carbonyl (C=O) groups is 1. The zero-order valence-electron chi connectivity index (χ0n) is 7.88. The van der Waals surface area contributed by atoms with Crippen LogP contribution in [0.3, 0.4) is 0 Å². The molecule has 0 aliphatic heterocycles. The van der Waals surface area contributed by atoms with Gasteiger partial charge in [-0.1, -0.05) is 12.1 Å². The van der Waals surface area contributed by atoms with Gasteiger partial charge in [0.25, 0.3) is 0 Å². The summed E-state index contributed by atoms with van der Waals surface area (Å²) in [6.07, 6.45) is 0. The van der Waals surface area contributed by atoms with Crippen LogP contribution in [-0.4, -0.2) is 13.1 Å². The monoisotopic (exact) mass is 200 g/mol. The maximum absolute atomic E-state index is 13.2. The molecule has 0 saturated carbocycles. The van der Waals surface area contributed by atoms with Crippen LogP contribution in [-0.2, 0) is 9.53 Å². The van der Waals surface area contributed by atoms with Gasteiger partial charge in [-0.3, -0.25) is 4.79 Å². The summed E-state index contributed by atoms with van der Waals surface area (Å²) in [6, 6.07) is 3.72. The van der Waals surface area contributed by atoms with E-state index >= 15 is 0 Å². The van der Waals surface area contributed by atoms with Crippen molar-refractivity contribution in [1.82, 2.24) is 0 Å². The molecule has 76 valence electrons. The highest BCUT2D eigenvalue weighted by Gasteiger charge is 2.20. The highest BCUT2D eigenvalue weighted by Crippen LogP contribution is 2.21. The molecular weight excluding hydrogens is 190 g/mol. The van der Waals surface area contributed by atoms with Crippen LogP contribution in [0.2, 0.25) is 0 Å². The van der Waals surface area contributed by atoms with Gasteiger partial charge in [-0.2, -0.15) is 0 Å². The number of methoxy groups -OCH3 is 1. The number of esters is 1. The van der Waals surface area contributed by atoms with Crippen LogP contribution >= 0.6 is 0 Å². The topological polar surface area (TPSA) is 26.3 Å². The molecule has 4 heteroatoms. The number of hydrogen-bond acceptors (Lipinski definition) is 2. The van der Waals surface area contributed by atoms with Crippen molar-refractivity contribution < 1.29 is 18.3 Å². The highest BCUT2D eigenvalue weighted by atomic mass is 19.2. The van der Waals surface area contributed by atoms with E-state index in [0.717, 1.165) is 6.07 Å². The van der Waals surface area contributed by atoms with Gasteiger partial charge in [0.1, 0.15) is 0 Å². The fourth-order valence-electron chi connectivity index (χ4n) is 1.16. The lowest BCUT2D eigenvalue weighted by Crippen LogP contribution is -2.12. The number of carbonyl (C=O) groups excluding carboxylic acids is 1. The Hall–Kier alpha value is -1.45. The third-order valence-corrected chi connectivity index (χ3v) is 2.00. The number of halogens is 2. The van der Waals surface area contributed by atoms with E-state index in [1.807, 2.05) is 0 Å². The summed E-state index contributed by atoms with van der Waals surface area (Å²) >= 11 is 0. The minimum absolute atomic E-state index is 0.0110. The molecule has 0 fully saturated rings. The van der Waals surface area contributed by atoms with Gasteiger partial charge in [0.15, 0.2) is 11.6 Å². The van der Waals surface area contributed by atoms with Crippen molar-refractivity contribution in [3.8, 4) is 0 Å². The molecule has 1 aromatic carbocycles. The van der Waals surface area contributed by atoms with Gasteiger partial charge in [-0.25, -0.2) is 8.78 Å². The van der Waals surface area contributed by atoms with Crippen LogP contribution in [0, 0.1) is 11.6 Å². The molecular formula is C10H10F2O2. The van der Waals surface area contributed by atoms with E-state index in [-0.39, 0.29) is 5.56 Å². The molecule has 2 nitrogen and oxygen atoms in total. The first-order valence-electron chi connectivity index (χ1n) is 4.09. The molecule has 0 radical (unpaired) electrons. The maximum Gasteiger partial charge on any atom is 0.312 e. The van der Waals surface area contributed by atoms with Gasteiger partial charge in [0.05, 0.1) is 13.0 Å². The Kier molecular flexibility index (Phi) is 3.17. The molecule has 0 amide bonds. The van der Waals surface area contributed by atoms with Crippen LogP contribution in [0.15, 0.2) is 18.2 Å². The van der Waals surface area contributed by atoms with Crippen LogP contribution in [0.5, 0.6) is 0 Å². The smallest absolute Gasteiger partial charge is 0.312 e. The van der Waals surface area contributed by atoms with Crippen LogP contribution in [0.4, 0.5) is 8.78 Å². The minimum Gasteiger partial charge on any atom is -0.469 e. The molecule has 0 N–H and O–H groups in total. The molecule has 14 heavy (non-hydrogen) atoms. The van der Waals surface area contributed by atoms with E-state index in [1.165, 1.54) is 26.2 Å². The standard InChI is InChI=1S/C10H10F2O2/c1-6(10(13)14-2)7-4-3-5-8(11)9(7)12/h3-6H,1-2H3. The molecule has 0 spiro atoms. The Morgan fingerprint density at radius 2 is 2.07 bits per heavy atom. The first kappa shape index (κ1) is 10.6. The third-order valence-electron chi connectivity index (χ3n) is 2.00. The predicted octanol–water partition coefficient (Wildman–Crippen LogP) is 2.24. The zero-order valence-corrected chi connectivity index (χ0v) is 7.88. The zero-order chi connectivity index (χ0) is 10.7. The third kappa shape index (κ3) is 1.89. The molecule has 1 atom stereocenters. The van der Waals surface area contributed by atoms with Crippen molar-refractivity contribution in [2.45, 2.75) is 12.8 Å². The van der Waals surface area contributed by atoms with Gasteiger partial charge in [0, 0.05) is 5.56 Å². The normalized spacial score (nSPS) is 12.3. The molecule has 1 unspecified atom stereocenters. The van der Waals surface area contributed by atoms with Gasteiger partial charge in [-0.15, -0.1) is 0 Å². The van der Waals surface area contributed by atoms with Crippen molar-refractivity contribution in [1.29, 1.82) is 0 Å². The number of hydrogen-bond donors (Lipinski definition) is 0. The lowest BCUT2D eigenvalue weighted by atomic mass is 10.0. The minimum atomic E-state index is -0.995. The molecule has 0 bridgehead atoms. The average Bonchev–Trinajstić information content (AvgIpc) is 2.20. The predicted molar refractivity (Wildman–Crippen MR) is 46.8 cm³/mol. The van der Waals surface area contributed by atoms with Crippen LogP contribution in [0.25, 0.3) is 0 Å². The Morgan fingerprint density at radius 3 is 2.64 bits per heavy atom. The highest BCUT2D eigenvalue weighted by molar-refractivity contribution is 5.77. The summed E-state index contributed by atoms with van der Waals surface area (Å²) in [6.45, 7) is 1.46. The SMILES string of the molecule is COC(=O)C(C)c1cccc(F)c1F. The van der Waals surface area contributed by atoms with Crippen molar-refractivity contribution >= 4 is 5.97 Å². The van der Waals surface area contributed by atoms with Crippen molar-refractivity contribution in [2.24, 2.45) is 0 Å². The maximum atomic E-state index is 13.2. The first-order chi connectivity index (χ1) is 6.57. The molecule has 0 aliphatic carbocycles. The van der Waals surface area contributed by atoms with Crippen molar-refractivity contribution in [3.05, 3.63) is 35.4 Å². The first-order valence-corrected chi connectivity index (χ1v) is 4.09. The number of rotatable bonds is 2. The van der Waals surface area contributed by atoms with Crippen molar-refractivity contribution in [2.75, 3.05) is 7.11 Å². The summed E-state index contributed by atoms with van der Waals surface area (Å²) in [5.74, 6) is -3.34. The molecule has 1 rings (SSSR count). The summed E-state index contributed by atoms with van der Waals surface area (Å²) < 4.78 is 30.4. The molecule has 0 aromatic heterocycles. The summed E-state index contributed by atoms with van der Waals surface area (Å²) in [7, 11) is 1.20. The average molecular weight is 200 g/mol. The van der Waals surface area contributed by atoms with E-state index < -0.39 is 23.5 Å². The van der Waals surface area contributed by atoms with E-state index in [1.54, 1.807) is 0 Å². The second kappa shape index (κ2) is 4.17. The van der Waals surface area contributed by atoms with Gasteiger partial charge < -0.3 is 4.74 Å². The Morgan fingerprint density at radius 1 is 1.43 bits per heavy atom. The van der Waals surface area contributed by atoms with E-state index in [0.29, 0.717) is 0 Å². The summed E-state index contributed by atoms with van der Waals surface area (Å²) in [5.41, 5.74) is 0.0110. The second-order valence-corrected chi connectivity index (χ2v) is 2.89. The number of benzene rings is 1. The van der Waals surface area contributed by atoms with E-state index in [4.69, 9.17) is 0 Å². The summed E-state index contributed by atoms with van der Waals surface area (Å²) in [4.78, 5) is 11.1. The summed E-state index contributed by atoms with van der Waals surface area (Å²) in [5, 5.41) is 0. The van der Waals surface area contributed by atoms with Gasteiger partial charge in [-0.05, 0) is 13.0 Å². The molecule has 0 aliphatic rings. The molecule has 1 aromatic rings. The quantitative estimate of drug-likeness (QED) is 0.684. The fraction of sp³-hybridized carbons (Fsp3) is 0.300. The van der Waals surface area contributed by atoms with E-state index in [2.05, 4.69) is 4.74 Å². The van der Waals surface area contributed by atoms with E-state index in [9.17, 15) is 13.6 Å². The van der Waals surface area contributed by atoms with Gasteiger partial charge >= 0.3 is 5.97 Å². The lowest BCUT2D eigenvalue weighted by Gasteiger charge is -2.10. The molecule has 0 heterocycles. The van der Waals surface area contributed by atoms with Crippen LogP contribution < -0.4 is 0 Å². The Balaban J connectivity index is 3.07. The Bertz CT molecular complexity index is 350. The largest absolute Gasteiger partial charge is 0.469 e. The second-order valence-electron chi connectivity index (χ2n) is 2.89. The Labute approximate surface area is 80.5 Å². The van der Waals surface area contributed by atoms with Gasteiger partial charge in [0.2, 0.25) is 0 Å². The number of ether oxygens (including phenoxy) is 1.